The standard InChI is InChI=1S/C6H5.5FH.Ti/c1-2-4-6-5-3-1;;;;;;/h1-5H;5*1H;/q;;;;;;+5/p-5. The van der Waals surface area contributed by atoms with Gasteiger partial charge < -0.3 is 0 Å². The fraction of sp³-hybridized carbons (Fsp3) is 0. The monoisotopic (exact) mass is 220 g/mol. The van der Waals surface area contributed by atoms with Crippen molar-refractivity contribution in [2.45, 2.75) is 0 Å². The van der Waals surface area contributed by atoms with Crippen molar-refractivity contribution < 1.29 is 32.2 Å². The van der Waals surface area contributed by atoms with Gasteiger partial charge in [-0.3, -0.25) is 0 Å². The summed E-state index contributed by atoms with van der Waals surface area (Å²) in [5.41, 5.74) is 0. The Labute approximate surface area is 66.8 Å². The van der Waals surface area contributed by atoms with Gasteiger partial charge in [0, 0.05) is 0 Å². The van der Waals surface area contributed by atoms with E-state index in [1.165, 1.54) is 6.07 Å². The van der Waals surface area contributed by atoms with Crippen LogP contribution in [-0.2, 0) is 16.7 Å². The summed E-state index contributed by atoms with van der Waals surface area (Å²) in [5, 5.41) is 0. The zero-order chi connectivity index (χ0) is 9.52. The minimum atomic E-state index is -10.2. The van der Waals surface area contributed by atoms with Gasteiger partial charge in [0.1, 0.15) is 0 Å². The molecule has 68 valence electrons. The Kier molecular flexibility index (Phi) is 1.54. The van der Waals surface area contributed by atoms with Crippen LogP contribution < -0.4 is 3.87 Å². The normalized spacial score (nSPS) is 18.1. The first kappa shape index (κ1) is 9.67. The molecule has 6 heteroatoms. The van der Waals surface area contributed by atoms with Gasteiger partial charge in [-0.25, -0.2) is 0 Å². The molecule has 0 radical (unpaired) electrons. The third kappa shape index (κ3) is 2.28. The van der Waals surface area contributed by atoms with Gasteiger partial charge in [0.25, 0.3) is 0 Å². The van der Waals surface area contributed by atoms with Crippen LogP contribution in [0.3, 0.4) is 0 Å². The van der Waals surface area contributed by atoms with Gasteiger partial charge in [-0.15, -0.1) is 0 Å². The van der Waals surface area contributed by atoms with E-state index in [1.807, 2.05) is 0 Å². The second kappa shape index (κ2) is 1.91. The fourth-order valence-corrected chi connectivity index (χ4v) is 2.04. The Morgan fingerprint density at radius 3 is 1.42 bits per heavy atom. The van der Waals surface area contributed by atoms with Crippen molar-refractivity contribution >= 4 is 3.87 Å². The molecule has 0 spiro atoms. The van der Waals surface area contributed by atoms with Gasteiger partial charge in [0.2, 0.25) is 0 Å². The molecule has 1 aromatic rings. The van der Waals surface area contributed by atoms with Crippen molar-refractivity contribution in [3.8, 4) is 0 Å². The predicted octanol–water partition coefficient (Wildman–Crippen LogP) is 2.96. The summed E-state index contributed by atoms with van der Waals surface area (Å²) in [6.45, 7) is 0. The van der Waals surface area contributed by atoms with Crippen LogP contribution in [0.5, 0.6) is 0 Å². The Morgan fingerprint density at radius 2 is 1.17 bits per heavy atom. The Morgan fingerprint density at radius 1 is 0.750 bits per heavy atom. The van der Waals surface area contributed by atoms with E-state index in [-0.39, 0.29) is 0 Å². The van der Waals surface area contributed by atoms with Gasteiger partial charge in [-0.05, 0) is 0 Å². The molecule has 1 rings (SSSR count). The molecular weight excluding hydrogens is 215 g/mol. The zero-order valence-electron chi connectivity index (χ0n) is 5.78. The molecule has 0 nitrogen and oxygen atoms in total. The molecule has 0 aliphatic carbocycles. The second-order valence-corrected chi connectivity index (χ2v) is 7.16. The topological polar surface area (TPSA) is 0 Å². The van der Waals surface area contributed by atoms with Gasteiger partial charge >= 0.3 is 66.4 Å². The maximum atomic E-state index is 12.0. The minimum absolute atomic E-state index is 0.394. The Hall–Kier alpha value is -0.416. The molecule has 12 heavy (non-hydrogen) atoms. The van der Waals surface area contributed by atoms with E-state index in [0.29, 0.717) is 12.1 Å². The van der Waals surface area contributed by atoms with E-state index >= 15 is 0 Å². The number of rotatable bonds is 1. The summed E-state index contributed by atoms with van der Waals surface area (Å²) in [6, 6.07) is 3.92. The van der Waals surface area contributed by atoms with Crippen LogP contribution in [0, 0.1) is 0 Å². The van der Waals surface area contributed by atoms with Gasteiger partial charge in [0.05, 0.1) is 0 Å². The predicted molar refractivity (Wildman–Crippen MR) is 31.6 cm³/mol. The van der Waals surface area contributed by atoms with Crippen LogP contribution >= 0.6 is 0 Å². The van der Waals surface area contributed by atoms with Crippen LogP contribution in [0.15, 0.2) is 30.3 Å². The van der Waals surface area contributed by atoms with Gasteiger partial charge in [-0.2, -0.15) is 0 Å². The number of hydrogen-bond donors (Lipinski definition) is 0. The van der Waals surface area contributed by atoms with Crippen LogP contribution in [0.2, 0.25) is 0 Å². The van der Waals surface area contributed by atoms with Crippen molar-refractivity contribution in [2.75, 3.05) is 0 Å². The van der Waals surface area contributed by atoms with E-state index in [0.717, 1.165) is 12.1 Å². The average Bonchev–Trinajstić information content (AvgIpc) is 1.85. The zero-order valence-corrected chi connectivity index (χ0v) is 7.34. The molecule has 0 N–H and O–H groups in total. The number of benzene rings is 1. The van der Waals surface area contributed by atoms with Gasteiger partial charge in [-0.1, -0.05) is 0 Å². The van der Waals surface area contributed by atoms with Gasteiger partial charge in [0.15, 0.2) is 0 Å². The molecule has 1 aromatic carbocycles. The van der Waals surface area contributed by atoms with Crippen molar-refractivity contribution in [1.82, 2.24) is 0 Å². The number of hydrogen-bond acceptors (Lipinski definition) is 0. The molecule has 0 saturated carbocycles. The van der Waals surface area contributed by atoms with E-state index in [2.05, 4.69) is 0 Å². The SMILES string of the molecule is [F][Ti]([F])([F])([F])([F])[c]1ccccc1. The molecular formula is C6H5F5Ti. The van der Waals surface area contributed by atoms with E-state index in [4.69, 9.17) is 0 Å². The first-order chi connectivity index (χ1) is 5.09. The average molecular weight is 220 g/mol. The molecule has 0 unspecified atom stereocenters. The first-order valence-corrected chi connectivity index (χ1v) is 6.84. The van der Waals surface area contributed by atoms with E-state index in [9.17, 15) is 15.5 Å². The third-order valence-electron chi connectivity index (χ3n) is 1.32. The molecule has 0 aliphatic rings. The van der Waals surface area contributed by atoms with E-state index in [1.54, 1.807) is 0 Å². The summed E-state index contributed by atoms with van der Waals surface area (Å²) < 4.78 is 58.3. The fourth-order valence-electron chi connectivity index (χ4n) is 0.753. The third-order valence-corrected chi connectivity index (χ3v) is 3.54. The number of halogens is 5. The summed E-state index contributed by atoms with van der Waals surface area (Å²) >= 11 is -10.2. The molecule has 0 heterocycles. The van der Waals surface area contributed by atoms with Crippen molar-refractivity contribution in [2.24, 2.45) is 0 Å². The molecule has 0 bridgehead atoms. The molecule has 0 aromatic heterocycles. The summed E-state index contributed by atoms with van der Waals surface area (Å²) in [5.74, 6) is 0. The van der Waals surface area contributed by atoms with Crippen LogP contribution in [0.25, 0.3) is 0 Å². The molecule has 0 aliphatic heterocycles. The van der Waals surface area contributed by atoms with Crippen LogP contribution in [0.1, 0.15) is 0 Å². The van der Waals surface area contributed by atoms with Crippen molar-refractivity contribution in [3.05, 3.63) is 30.3 Å². The molecule has 0 fully saturated rings. The first-order valence-electron chi connectivity index (χ1n) is 3.11. The summed E-state index contributed by atoms with van der Waals surface area (Å²) in [6.07, 6.45) is 0. The molecule has 0 amide bonds. The molecule has 0 saturated heterocycles. The molecule has 0 atom stereocenters. The quantitative estimate of drug-likeness (QED) is 0.504. The van der Waals surface area contributed by atoms with Crippen molar-refractivity contribution in [3.63, 3.8) is 0 Å². The second-order valence-electron chi connectivity index (χ2n) is 2.55. The summed E-state index contributed by atoms with van der Waals surface area (Å²) in [7, 11) is 0. The van der Waals surface area contributed by atoms with E-state index < -0.39 is 20.6 Å². The van der Waals surface area contributed by atoms with Crippen molar-refractivity contribution in [1.29, 1.82) is 0 Å². The van der Waals surface area contributed by atoms with Crippen LogP contribution in [-0.4, -0.2) is 0 Å². The van der Waals surface area contributed by atoms with Crippen LogP contribution in [0.4, 0.5) is 15.5 Å². The summed E-state index contributed by atoms with van der Waals surface area (Å²) in [4.78, 5) is 0. The maximum absolute atomic E-state index is 12.0. The Balaban J connectivity index is 3.36. The Bertz CT molecular complexity index is 285.